The van der Waals surface area contributed by atoms with Crippen molar-refractivity contribution in [3.8, 4) is 0 Å². The van der Waals surface area contributed by atoms with Gasteiger partial charge in [-0.3, -0.25) is 4.99 Å². The molecule has 4 atom stereocenters. The zero-order valence-corrected chi connectivity index (χ0v) is 10.1. The van der Waals surface area contributed by atoms with Gasteiger partial charge in [-0.15, -0.1) is 0 Å². The van der Waals surface area contributed by atoms with Crippen LogP contribution in [0.1, 0.15) is 19.8 Å². The van der Waals surface area contributed by atoms with Crippen molar-refractivity contribution in [2.24, 2.45) is 4.99 Å². The van der Waals surface area contributed by atoms with Crippen LogP contribution in [-0.2, 0) is 4.74 Å². The number of hydrogen-bond donors (Lipinski definition) is 3. The van der Waals surface area contributed by atoms with Crippen LogP contribution >= 0.6 is 11.8 Å². The van der Waals surface area contributed by atoms with Crippen LogP contribution in [0.4, 0.5) is 0 Å². The van der Waals surface area contributed by atoms with Crippen LogP contribution in [0.3, 0.4) is 0 Å². The smallest absolute Gasteiger partial charge is 0.159 e. The van der Waals surface area contributed by atoms with Crippen LogP contribution in [0, 0.1) is 0 Å². The van der Waals surface area contributed by atoms with Crippen LogP contribution < -0.4 is 5.32 Å². The highest BCUT2D eigenvalue weighted by Gasteiger charge is 2.43. The Morgan fingerprint density at radius 1 is 1.62 bits per heavy atom. The van der Waals surface area contributed by atoms with Crippen molar-refractivity contribution in [3.05, 3.63) is 0 Å². The van der Waals surface area contributed by atoms with Crippen LogP contribution in [0.15, 0.2) is 4.99 Å². The van der Waals surface area contributed by atoms with Gasteiger partial charge in [0.05, 0.1) is 24.9 Å². The molecule has 0 bridgehead atoms. The third kappa shape index (κ3) is 2.51. The molecule has 92 valence electrons. The van der Waals surface area contributed by atoms with Gasteiger partial charge in [0.1, 0.15) is 5.44 Å². The maximum absolute atomic E-state index is 9.90. The first kappa shape index (κ1) is 12.2. The third-order valence-corrected chi connectivity index (χ3v) is 3.85. The summed E-state index contributed by atoms with van der Waals surface area (Å²) in [6.45, 7) is 2.82. The van der Waals surface area contributed by atoms with Crippen LogP contribution in [0.5, 0.6) is 0 Å². The summed E-state index contributed by atoms with van der Waals surface area (Å²) >= 11 is 1.50. The molecule has 2 aliphatic rings. The van der Waals surface area contributed by atoms with E-state index in [0.717, 1.165) is 18.1 Å². The molecule has 2 saturated heterocycles. The zero-order valence-electron chi connectivity index (χ0n) is 9.30. The maximum atomic E-state index is 9.90. The van der Waals surface area contributed by atoms with E-state index >= 15 is 0 Å². The van der Waals surface area contributed by atoms with Gasteiger partial charge in [-0.25, -0.2) is 0 Å². The Labute approximate surface area is 99.3 Å². The number of aliphatic hydroxyl groups is 2. The lowest BCUT2D eigenvalue weighted by atomic mass is 10.0. The molecule has 0 spiro atoms. The summed E-state index contributed by atoms with van der Waals surface area (Å²) in [5, 5.41) is 23.0. The Morgan fingerprint density at radius 2 is 2.44 bits per heavy atom. The lowest BCUT2D eigenvalue weighted by Gasteiger charge is -2.33. The Kier molecular flexibility index (Phi) is 4.07. The van der Waals surface area contributed by atoms with Crippen molar-refractivity contribution in [1.82, 2.24) is 5.32 Å². The Balaban J connectivity index is 1.98. The number of rotatable bonds is 3. The first-order chi connectivity index (χ1) is 7.74. The average Bonchev–Trinajstić information content (AvgIpc) is 2.69. The molecule has 0 aliphatic carbocycles. The summed E-state index contributed by atoms with van der Waals surface area (Å²) in [6, 6.07) is -0.0941. The van der Waals surface area contributed by atoms with Gasteiger partial charge in [0, 0.05) is 13.0 Å². The second-order valence-electron chi connectivity index (χ2n) is 4.09. The first-order valence-corrected chi connectivity index (χ1v) is 6.54. The molecule has 2 heterocycles. The lowest BCUT2D eigenvalue weighted by Crippen LogP contribution is -2.51. The number of aliphatic hydroxyl groups excluding tert-OH is 2. The predicted molar refractivity (Wildman–Crippen MR) is 63.5 cm³/mol. The fraction of sp³-hybridized carbons (Fsp3) is 0.900. The molecule has 0 amide bonds. The highest BCUT2D eigenvalue weighted by atomic mass is 32.2. The number of hydrogen-bond acceptors (Lipinski definition) is 5. The molecular weight excluding hydrogens is 228 g/mol. The number of ether oxygens (including phenoxy) is 1. The molecule has 2 rings (SSSR count). The summed E-state index contributed by atoms with van der Waals surface area (Å²) in [5.74, 6) is 0. The summed E-state index contributed by atoms with van der Waals surface area (Å²) < 4.78 is 5.65. The zero-order chi connectivity index (χ0) is 11.5. The molecule has 0 saturated carbocycles. The van der Waals surface area contributed by atoms with Crippen molar-refractivity contribution >= 4 is 16.9 Å². The van der Waals surface area contributed by atoms with Gasteiger partial charge in [-0.2, -0.15) is 0 Å². The van der Waals surface area contributed by atoms with E-state index in [9.17, 15) is 5.11 Å². The number of thioether (sulfide) groups is 1. The molecule has 3 N–H and O–H groups in total. The maximum Gasteiger partial charge on any atom is 0.159 e. The normalized spacial score (nSPS) is 40.8. The standard InChI is InChI=1S/C10H18N2O3S/c1-2-3-11-10-12-8-7(14)4-6(5-13)15-9(8)16-10/h6-9,13-14H,2-5H2,1H3,(H,11,12)/t6-,7-,8?,9?/m0/s1. The van der Waals surface area contributed by atoms with Gasteiger partial charge >= 0.3 is 0 Å². The van der Waals surface area contributed by atoms with E-state index < -0.39 is 6.10 Å². The van der Waals surface area contributed by atoms with Gasteiger partial charge in [0.2, 0.25) is 0 Å². The van der Waals surface area contributed by atoms with Gasteiger partial charge in [0.25, 0.3) is 0 Å². The SMILES string of the molecule is CCCN=C1NC2C(O[C@H](CO)C[C@@H]2O)S1. The largest absolute Gasteiger partial charge is 0.394 e. The Bertz CT molecular complexity index is 275. The van der Waals surface area contributed by atoms with Gasteiger partial charge < -0.3 is 20.3 Å². The van der Waals surface area contributed by atoms with Crippen molar-refractivity contribution in [2.45, 2.75) is 43.5 Å². The summed E-state index contributed by atoms with van der Waals surface area (Å²) in [7, 11) is 0. The third-order valence-electron chi connectivity index (χ3n) is 2.74. The highest BCUT2D eigenvalue weighted by molar-refractivity contribution is 8.14. The second-order valence-corrected chi connectivity index (χ2v) is 5.17. The molecular formula is C10H18N2O3S. The summed E-state index contributed by atoms with van der Waals surface area (Å²) in [5.41, 5.74) is -0.128. The number of nitrogens with zero attached hydrogens (tertiary/aromatic N) is 1. The Morgan fingerprint density at radius 3 is 3.12 bits per heavy atom. The summed E-state index contributed by atoms with van der Waals surface area (Å²) in [6.07, 6.45) is 0.754. The van der Waals surface area contributed by atoms with E-state index in [4.69, 9.17) is 9.84 Å². The van der Waals surface area contributed by atoms with Crippen LogP contribution in [0.25, 0.3) is 0 Å². The lowest BCUT2D eigenvalue weighted by molar-refractivity contribution is -0.0913. The minimum absolute atomic E-state index is 0.0394. The van der Waals surface area contributed by atoms with Crippen molar-refractivity contribution < 1.29 is 14.9 Å². The molecule has 16 heavy (non-hydrogen) atoms. The van der Waals surface area contributed by atoms with Crippen molar-refractivity contribution in [3.63, 3.8) is 0 Å². The minimum Gasteiger partial charge on any atom is -0.394 e. The molecule has 2 unspecified atom stereocenters. The van der Waals surface area contributed by atoms with Gasteiger partial charge in [-0.1, -0.05) is 18.7 Å². The van der Waals surface area contributed by atoms with Gasteiger partial charge in [-0.05, 0) is 6.42 Å². The van der Waals surface area contributed by atoms with Gasteiger partial charge in [0.15, 0.2) is 5.17 Å². The fourth-order valence-electron chi connectivity index (χ4n) is 1.89. The first-order valence-electron chi connectivity index (χ1n) is 5.66. The van der Waals surface area contributed by atoms with E-state index in [1.54, 1.807) is 0 Å². The molecule has 6 heteroatoms. The highest BCUT2D eigenvalue weighted by Crippen LogP contribution is 2.33. The molecule has 2 fully saturated rings. The second kappa shape index (κ2) is 5.35. The number of aliphatic imine (C=N–C) groups is 1. The van der Waals surface area contributed by atoms with Crippen LogP contribution in [-0.4, -0.2) is 52.2 Å². The monoisotopic (exact) mass is 246 g/mol. The number of amidine groups is 1. The molecule has 2 aliphatic heterocycles. The number of fused-ring (bicyclic) bond motifs is 1. The molecule has 0 aromatic carbocycles. The van der Waals surface area contributed by atoms with E-state index in [0.29, 0.717) is 6.42 Å². The van der Waals surface area contributed by atoms with Crippen LogP contribution in [0.2, 0.25) is 0 Å². The minimum atomic E-state index is -0.474. The predicted octanol–water partition coefficient (Wildman–Crippen LogP) is -0.0744. The van der Waals surface area contributed by atoms with E-state index in [1.165, 1.54) is 11.8 Å². The quantitative estimate of drug-likeness (QED) is 0.650. The van der Waals surface area contributed by atoms with E-state index in [1.807, 2.05) is 0 Å². The van der Waals surface area contributed by atoms with E-state index in [2.05, 4.69) is 17.2 Å². The fourth-order valence-corrected chi connectivity index (χ4v) is 3.09. The number of nitrogens with one attached hydrogen (secondary N) is 1. The molecule has 0 aromatic rings. The molecule has 5 nitrogen and oxygen atoms in total. The molecule has 0 radical (unpaired) electrons. The topological polar surface area (TPSA) is 74.1 Å². The average molecular weight is 246 g/mol. The van der Waals surface area contributed by atoms with Crippen molar-refractivity contribution in [1.29, 1.82) is 0 Å². The Hall–Kier alpha value is -0.300. The van der Waals surface area contributed by atoms with E-state index in [-0.39, 0.29) is 24.2 Å². The summed E-state index contributed by atoms with van der Waals surface area (Å²) in [4.78, 5) is 4.37. The van der Waals surface area contributed by atoms with Crippen molar-refractivity contribution in [2.75, 3.05) is 13.2 Å². The molecule has 0 aromatic heterocycles.